The van der Waals surface area contributed by atoms with E-state index in [0.717, 1.165) is 36.3 Å². The second-order valence-electron chi connectivity index (χ2n) is 6.10. The molecule has 2 saturated heterocycles. The monoisotopic (exact) mass is 351 g/mol. The van der Waals surface area contributed by atoms with Crippen LogP contribution in [-0.2, 0) is 0 Å². The highest BCUT2D eigenvalue weighted by Crippen LogP contribution is 2.21. The van der Waals surface area contributed by atoms with Gasteiger partial charge in [-0.1, -0.05) is 0 Å². The summed E-state index contributed by atoms with van der Waals surface area (Å²) in [5.74, 6) is 0.826. The van der Waals surface area contributed by atoms with E-state index in [1.54, 1.807) is 12.3 Å². The van der Waals surface area contributed by atoms with Gasteiger partial charge in [0, 0.05) is 30.3 Å². The first kappa shape index (κ1) is 15.0. The molecule has 0 spiro atoms. The number of amides is 1. The topological polar surface area (TPSA) is 36.4 Å². The van der Waals surface area contributed by atoms with E-state index in [-0.39, 0.29) is 5.91 Å². The molecule has 2 aliphatic heterocycles. The van der Waals surface area contributed by atoms with Crippen molar-refractivity contribution in [3.63, 3.8) is 0 Å². The van der Waals surface area contributed by atoms with Gasteiger partial charge in [-0.15, -0.1) is 0 Å². The molecule has 0 N–H and O–H groups in total. The molecular weight excluding hydrogens is 330 g/mol. The minimum absolute atomic E-state index is 0.0714. The summed E-state index contributed by atoms with van der Waals surface area (Å²) in [6.45, 7) is 5.49. The largest absolute Gasteiger partial charge is 0.337 e. The molecule has 0 unspecified atom stereocenters. The van der Waals surface area contributed by atoms with Gasteiger partial charge in [0.25, 0.3) is 5.91 Å². The molecule has 0 bridgehead atoms. The van der Waals surface area contributed by atoms with Crippen molar-refractivity contribution in [3.8, 4) is 0 Å². The predicted molar refractivity (Wildman–Crippen MR) is 86.2 cm³/mol. The molecule has 1 aromatic heterocycles. The van der Waals surface area contributed by atoms with Gasteiger partial charge in [0.1, 0.15) is 5.69 Å². The molecule has 4 nitrogen and oxygen atoms in total. The standard InChI is InChI=1S/C16H22BrN3O/c17-14-3-4-15(18-11-14)16(21)20-9-5-13(6-10-20)12-19-7-1-2-8-19/h3-4,11,13H,1-2,5-10,12H2. The first-order chi connectivity index (χ1) is 10.2. The molecule has 2 aliphatic rings. The maximum Gasteiger partial charge on any atom is 0.272 e. The fourth-order valence-corrected chi connectivity index (χ4v) is 3.55. The van der Waals surface area contributed by atoms with Crippen LogP contribution in [0, 0.1) is 5.92 Å². The first-order valence-corrected chi connectivity index (χ1v) is 8.65. The summed E-state index contributed by atoms with van der Waals surface area (Å²) in [5.41, 5.74) is 0.552. The number of carbonyl (C=O) groups excluding carboxylic acids is 1. The van der Waals surface area contributed by atoms with Crippen molar-refractivity contribution in [1.82, 2.24) is 14.8 Å². The van der Waals surface area contributed by atoms with Gasteiger partial charge in [0.15, 0.2) is 0 Å². The van der Waals surface area contributed by atoms with Crippen LogP contribution in [-0.4, -0.2) is 53.4 Å². The number of carbonyl (C=O) groups is 1. The zero-order valence-electron chi connectivity index (χ0n) is 12.3. The quantitative estimate of drug-likeness (QED) is 0.839. The van der Waals surface area contributed by atoms with Crippen LogP contribution < -0.4 is 0 Å². The minimum atomic E-state index is 0.0714. The van der Waals surface area contributed by atoms with E-state index in [1.165, 1.54) is 32.5 Å². The Hall–Kier alpha value is -0.940. The second-order valence-corrected chi connectivity index (χ2v) is 7.02. The molecule has 1 aromatic rings. The average molecular weight is 352 g/mol. The van der Waals surface area contributed by atoms with E-state index in [2.05, 4.69) is 25.8 Å². The molecule has 114 valence electrons. The fourth-order valence-electron chi connectivity index (χ4n) is 3.31. The molecule has 5 heteroatoms. The predicted octanol–water partition coefficient (Wildman–Crippen LogP) is 2.79. The van der Waals surface area contributed by atoms with Crippen molar-refractivity contribution in [3.05, 3.63) is 28.5 Å². The molecule has 21 heavy (non-hydrogen) atoms. The van der Waals surface area contributed by atoms with E-state index in [9.17, 15) is 4.79 Å². The summed E-state index contributed by atoms with van der Waals surface area (Å²) >= 11 is 3.35. The van der Waals surface area contributed by atoms with Gasteiger partial charge >= 0.3 is 0 Å². The molecule has 3 heterocycles. The van der Waals surface area contributed by atoms with Crippen molar-refractivity contribution < 1.29 is 4.79 Å². The molecule has 0 atom stereocenters. The van der Waals surface area contributed by atoms with Gasteiger partial charge < -0.3 is 9.80 Å². The van der Waals surface area contributed by atoms with Gasteiger partial charge in [0.2, 0.25) is 0 Å². The third-order valence-electron chi connectivity index (χ3n) is 4.56. The second kappa shape index (κ2) is 6.88. The van der Waals surface area contributed by atoms with E-state index in [4.69, 9.17) is 0 Å². The molecule has 1 amide bonds. The molecule has 0 saturated carbocycles. The molecule has 0 aliphatic carbocycles. The lowest BCUT2D eigenvalue weighted by Gasteiger charge is -2.33. The Bertz CT molecular complexity index is 477. The molecule has 2 fully saturated rings. The number of pyridine rings is 1. The Labute approximate surface area is 134 Å². The lowest BCUT2D eigenvalue weighted by Crippen LogP contribution is -2.41. The number of halogens is 1. The lowest BCUT2D eigenvalue weighted by molar-refractivity contribution is 0.0667. The van der Waals surface area contributed by atoms with Gasteiger partial charge in [-0.2, -0.15) is 0 Å². The Morgan fingerprint density at radius 3 is 2.52 bits per heavy atom. The van der Waals surface area contributed by atoms with Crippen LogP contribution in [0.2, 0.25) is 0 Å². The summed E-state index contributed by atoms with van der Waals surface area (Å²) in [6.07, 6.45) is 6.64. The summed E-state index contributed by atoms with van der Waals surface area (Å²) in [5, 5.41) is 0. The van der Waals surface area contributed by atoms with Crippen LogP contribution in [0.5, 0.6) is 0 Å². The number of piperidine rings is 1. The highest BCUT2D eigenvalue weighted by Gasteiger charge is 2.26. The Balaban J connectivity index is 1.50. The number of hydrogen-bond acceptors (Lipinski definition) is 3. The van der Waals surface area contributed by atoms with Gasteiger partial charge in [-0.3, -0.25) is 4.79 Å². The fraction of sp³-hybridized carbons (Fsp3) is 0.625. The van der Waals surface area contributed by atoms with Crippen molar-refractivity contribution in [2.24, 2.45) is 5.92 Å². The number of aromatic nitrogens is 1. The van der Waals surface area contributed by atoms with Crippen LogP contribution in [0.4, 0.5) is 0 Å². The van der Waals surface area contributed by atoms with Crippen LogP contribution in [0.1, 0.15) is 36.2 Å². The van der Waals surface area contributed by atoms with Crippen LogP contribution in [0.25, 0.3) is 0 Å². The molecule has 3 rings (SSSR count). The van der Waals surface area contributed by atoms with Crippen molar-refractivity contribution in [1.29, 1.82) is 0 Å². The minimum Gasteiger partial charge on any atom is -0.337 e. The van der Waals surface area contributed by atoms with E-state index in [0.29, 0.717) is 5.69 Å². The van der Waals surface area contributed by atoms with Crippen LogP contribution >= 0.6 is 15.9 Å². The van der Waals surface area contributed by atoms with Crippen molar-refractivity contribution in [2.45, 2.75) is 25.7 Å². The lowest BCUT2D eigenvalue weighted by atomic mass is 9.96. The zero-order chi connectivity index (χ0) is 14.7. The number of likely N-dealkylation sites (tertiary alicyclic amines) is 2. The number of rotatable bonds is 3. The van der Waals surface area contributed by atoms with Crippen molar-refractivity contribution in [2.75, 3.05) is 32.7 Å². The summed E-state index contributed by atoms with van der Waals surface area (Å²) < 4.78 is 0.906. The normalized spacial score (nSPS) is 20.9. The Morgan fingerprint density at radius 2 is 1.90 bits per heavy atom. The molecular formula is C16H22BrN3O. The van der Waals surface area contributed by atoms with Crippen LogP contribution in [0.15, 0.2) is 22.8 Å². The highest BCUT2D eigenvalue weighted by atomic mass is 79.9. The molecule has 0 aromatic carbocycles. The maximum atomic E-state index is 12.4. The average Bonchev–Trinajstić information content (AvgIpc) is 3.01. The highest BCUT2D eigenvalue weighted by molar-refractivity contribution is 9.10. The van der Waals surface area contributed by atoms with E-state index in [1.807, 2.05) is 11.0 Å². The number of nitrogens with zero attached hydrogens (tertiary/aromatic N) is 3. The summed E-state index contributed by atoms with van der Waals surface area (Å²) in [7, 11) is 0. The van der Waals surface area contributed by atoms with E-state index < -0.39 is 0 Å². The number of hydrogen-bond donors (Lipinski definition) is 0. The molecule has 0 radical (unpaired) electrons. The first-order valence-electron chi connectivity index (χ1n) is 7.85. The van der Waals surface area contributed by atoms with Crippen molar-refractivity contribution >= 4 is 21.8 Å². The Kier molecular flexibility index (Phi) is 4.91. The third kappa shape index (κ3) is 3.83. The smallest absolute Gasteiger partial charge is 0.272 e. The SMILES string of the molecule is O=C(c1ccc(Br)cn1)N1CCC(CN2CCCC2)CC1. The van der Waals surface area contributed by atoms with Gasteiger partial charge in [-0.25, -0.2) is 4.98 Å². The Morgan fingerprint density at radius 1 is 1.19 bits per heavy atom. The summed E-state index contributed by atoms with van der Waals surface area (Å²) in [4.78, 5) is 21.1. The van der Waals surface area contributed by atoms with Crippen LogP contribution in [0.3, 0.4) is 0 Å². The summed E-state index contributed by atoms with van der Waals surface area (Å²) in [6, 6.07) is 3.67. The van der Waals surface area contributed by atoms with E-state index >= 15 is 0 Å². The maximum absolute atomic E-state index is 12.4. The third-order valence-corrected chi connectivity index (χ3v) is 5.03. The van der Waals surface area contributed by atoms with Gasteiger partial charge in [-0.05, 0) is 72.8 Å². The van der Waals surface area contributed by atoms with Gasteiger partial charge in [0.05, 0.1) is 0 Å². The zero-order valence-corrected chi connectivity index (χ0v) is 13.9.